The largest absolute Gasteiger partial charge is 0.418 e. The molecule has 0 saturated carbocycles. The number of nitrogens with one attached hydrogen (secondary N) is 1. The van der Waals surface area contributed by atoms with Crippen LogP contribution in [0, 0.1) is 6.92 Å². The number of β-lactam (4-membered cyclic amide) rings is 1. The van der Waals surface area contributed by atoms with E-state index in [9.17, 15) is 22.8 Å². The van der Waals surface area contributed by atoms with Gasteiger partial charge in [0.1, 0.15) is 0 Å². The molecule has 2 aromatic rings. The minimum Gasteiger partial charge on any atom is -0.322 e. The molecule has 25 heavy (non-hydrogen) atoms. The van der Waals surface area contributed by atoms with Gasteiger partial charge in [-0.1, -0.05) is 18.2 Å². The summed E-state index contributed by atoms with van der Waals surface area (Å²) in [5, 5.41) is 2.48. The van der Waals surface area contributed by atoms with E-state index >= 15 is 0 Å². The summed E-state index contributed by atoms with van der Waals surface area (Å²) < 4.78 is 40.1. The lowest BCUT2D eigenvalue weighted by Gasteiger charge is -2.33. The van der Waals surface area contributed by atoms with E-state index in [1.165, 1.54) is 12.1 Å². The number of benzene rings is 2. The number of aryl methyl sites for hydroxylation is 1. The lowest BCUT2D eigenvalue weighted by atomic mass is 10.1. The normalized spacial score (nSPS) is 14.2. The van der Waals surface area contributed by atoms with Crippen LogP contribution in [-0.4, -0.2) is 18.4 Å². The second-order valence-corrected chi connectivity index (χ2v) is 5.79. The number of amides is 2. The first-order valence-corrected chi connectivity index (χ1v) is 7.66. The fourth-order valence-corrected chi connectivity index (χ4v) is 2.67. The molecule has 1 aliphatic rings. The van der Waals surface area contributed by atoms with E-state index in [-0.39, 0.29) is 30.2 Å². The Morgan fingerprint density at radius 3 is 2.44 bits per heavy atom. The molecule has 0 aromatic heterocycles. The van der Waals surface area contributed by atoms with Gasteiger partial charge in [0.05, 0.1) is 11.3 Å². The molecular formula is C18H15F3N2O2. The van der Waals surface area contributed by atoms with Gasteiger partial charge in [0.25, 0.3) is 5.91 Å². The zero-order valence-electron chi connectivity index (χ0n) is 13.4. The maximum Gasteiger partial charge on any atom is 0.418 e. The molecule has 3 rings (SSSR count). The van der Waals surface area contributed by atoms with Crippen LogP contribution in [0.5, 0.6) is 0 Å². The number of hydrogen-bond acceptors (Lipinski definition) is 2. The molecule has 4 nitrogen and oxygen atoms in total. The van der Waals surface area contributed by atoms with Gasteiger partial charge in [-0.15, -0.1) is 0 Å². The Kier molecular flexibility index (Phi) is 4.24. The number of rotatable bonds is 3. The molecule has 0 spiro atoms. The maximum atomic E-state index is 13.4. The molecule has 0 aliphatic carbocycles. The van der Waals surface area contributed by atoms with Crippen molar-refractivity contribution in [3.63, 3.8) is 0 Å². The predicted octanol–water partition coefficient (Wildman–Crippen LogP) is 4.00. The van der Waals surface area contributed by atoms with E-state index < -0.39 is 17.6 Å². The van der Waals surface area contributed by atoms with Crippen molar-refractivity contribution in [3.8, 4) is 0 Å². The minimum absolute atomic E-state index is 0.0253. The van der Waals surface area contributed by atoms with Gasteiger partial charge in [0.2, 0.25) is 5.91 Å². The van der Waals surface area contributed by atoms with E-state index in [1.807, 2.05) is 0 Å². The first kappa shape index (κ1) is 17.0. The molecule has 7 heteroatoms. The van der Waals surface area contributed by atoms with E-state index in [2.05, 4.69) is 5.32 Å². The molecule has 0 unspecified atom stereocenters. The van der Waals surface area contributed by atoms with Crippen molar-refractivity contribution in [2.24, 2.45) is 0 Å². The summed E-state index contributed by atoms with van der Waals surface area (Å²) in [4.78, 5) is 24.9. The zero-order chi connectivity index (χ0) is 18.2. The monoisotopic (exact) mass is 348 g/mol. The van der Waals surface area contributed by atoms with Crippen molar-refractivity contribution in [1.29, 1.82) is 0 Å². The van der Waals surface area contributed by atoms with Crippen molar-refractivity contribution in [2.45, 2.75) is 19.5 Å². The van der Waals surface area contributed by atoms with Crippen LogP contribution < -0.4 is 10.2 Å². The average Bonchev–Trinajstić information content (AvgIpc) is 2.54. The number of nitrogens with zero attached hydrogens (tertiary/aromatic N) is 1. The van der Waals surface area contributed by atoms with Crippen LogP contribution in [0.3, 0.4) is 0 Å². The Morgan fingerprint density at radius 1 is 1.16 bits per heavy atom. The standard InChI is InChI=1S/C18H15F3N2O2/c1-11-4-2-3-5-13(11)17(25)22-12-6-7-15(23-9-8-16(23)24)14(10-12)18(19,20)21/h2-7,10H,8-9H2,1H3,(H,22,25). The van der Waals surface area contributed by atoms with Gasteiger partial charge in [-0.25, -0.2) is 0 Å². The van der Waals surface area contributed by atoms with Gasteiger partial charge < -0.3 is 10.2 Å². The van der Waals surface area contributed by atoms with Crippen molar-refractivity contribution < 1.29 is 22.8 Å². The molecule has 1 fully saturated rings. The number of anilines is 2. The molecule has 1 saturated heterocycles. The molecule has 2 aromatic carbocycles. The number of hydrogen-bond donors (Lipinski definition) is 1. The van der Waals surface area contributed by atoms with Crippen LogP contribution in [0.25, 0.3) is 0 Å². The van der Waals surface area contributed by atoms with Gasteiger partial charge in [0, 0.05) is 24.2 Å². The van der Waals surface area contributed by atoms with E-state index in [0.29, 0.717) is 5.56 Å². The molecule has 130 valence electrons. The van der Waals surface area contributed by atoms with Gasteiger partial charge in [-0.3, -0.25) is 9.59 Å². The van der Waals surface area contributed by atoms with Gasteiger partial charge in [-0.2, -0.15) is 13.2 Å². The van der Waals surface area contributed by atoms with E-state index in [4.69, 9.17) is 0 Å². The molecule has 0 radical (unpaired) electrons. The van der Waals surface area contributed by atoms with Crippen LogP contribution in [0.15, 0.2) is 42.5 Å². The number of carbonyl (C=O) groups is 2. The summed E-state index contributed by atoms with van der Waals surface area (Å²) in [7, 11) is 0. The Morgan fingerprint density at radius 2 is 1.88 bits per heavy atom. The van der Waals surface area contributed by atoms with Gasteiger partial charge in [0.15, 0.2) is 0 Å². The Balaban J connectivity index is 1.92. The summed E-state index contributed by atoms with van der Waals surface area (Å²) in [5.74, 6) is -0.832. The summed E-state index contributed by atoms with van der Waals surface area (Å²) in [6, 6.07) is 10.2. The first-order valence-electron chi connectivity index (χ1n) is 7.66. The van der Waals surface area contributed by atoms with Crippen molar-refractivity contribution >= 4 is 23.2 Å². The molecule has 0 bridgehead atoms. The second kappa shape index (κ2) is 6.23. The molecule has 1 aliphatic heterocycles. The lowest BCUT2D eigenvalue weighted by Crippen LogP contribution is -2.44. The second-order valence-electron chi connectivity index (χ2n) is 5.79. The number of alkyl halides is 3. The molecule has 1 N–H and O–H groups in total. The van der Waals surface area contributed by atoms with Crippen molar-refractivity contribution in [1.82, 2.24) is 0 Å². The Labute approximate surface area is 142 Å². The van der Waals surface area contributed by atoms with Crippen LogP contribution in [-0.2, 0) is 11.0 Å². The summed E-state index contributed by atoms with van der Waals surface area (Å²) in [6.45, 7) is 2.01. The summed E-state index contributed by atoms with van der Waals surface area (Å²) in [6.07, 6.45) is -4.39. The predicted molar refractivity (Wildman–Crippen MR) is 87.5 cm³/mol. The highest BCUT2D eigenvalue weighted by atomic mass is 19.4. The van der Waals surface area contributed by atoms with Crippen molar-refractivity contribution in [3.05, 3.63) is 59.2 Å². The van der Waals surface area contributed by atoms with Crippen LogP contribution in [0.2, 0.25) is 0 Å². The fourth-order valence-electron chi connectivity index (χ4n) is 2.67. The van der Waals surface area contributed by atoms with E-state index in [0.717, 1.165) is 16.5 Å². The van der Waals surface area contributed by atoms with Crippen molar-refractivity contribution in [2.75, 3.05) is 16.8 Å². The molecule has 1 heterocycles. The smallest absolute Gasteiger partial charge is 0.322 e. The maximum absolute atomic E-state index is 13.4. The quantitative estimate of drug-likeness (QED) is 0.853. The zero-order valence-corrected chi connectivity index (χ0v) is 13.4. The minimum atomic E-state index is -4.63. The number of halogens is 3. The van der Waals surface area contributed by atoms with Crippen LogP contribution in [0.4, 0.5) is 24.5 Å². The number of carbonyl (C=O) groups excluding carboxylic acids is 2. The molecule has 2 amide bonds. The third kappa shape index (κ3) is 3.35. The highest BCUT2D eigenvalue weighted by molar-refractivity contribution is 6.05. The lowest BCUT2D eigenvalue weighted by molar-refractivity contribution is -0.137. The SMILES string of the molecule is Cc1ccccc1C(=O)Nc1ccc(N2CCC2=O)c(C(F)(F)F)c1. The highest BCUT2D eigenvalue weighted by Crippen LogP contribution is 2.40. The van der Waals surface area contributed by atoms with Gasteiger partial charge in [-0.05, 0) is 36.8 Å². The van der Waals surface area contributed by atoms with Gasteiger partial charge >= 0.3 is 6.18 Å². The topological polar surface area (TPSA) is 49.4 Å². The fraction of sp³-hybridized carbons (Fsp3) is 0.222. The third-order valence-electron chi connectivity index (χ3n) is 4.09. The Hall–Kier alpha value is -2.83. The average molecular weight is 348 g/mol. The first-order chi connectivity index (χ1) is 11.8. The van der Waals surface area contributed by atoms with E-state index in [1.54, 1.807) is 31.2 Å². The highest BCUT2D eigenvalue weighted by Gasteiger charge is 2.38. The third-order valence-corrected chi connectivity index (χ3v) is 4.09. The molecular weight excluding hydrogens is 333 g/mol. The Bertz CT molecular complexity index is 846. The van der Waals surface area contributed by atoms with Crippen LogP contribution >= 0.6 is 0 Å². The molecule has 0 atom stereocenters. The summed E-state index contributed by atoms with van der Waals surface area (Å²) >= 11 is 0. The van der Waals surface area contributed by atoms with Crippen LogP contribution in [0.1, 0.15) is 27.9 Å². The summed E-state index contributed by atoms with van der Waals surface area (Å²) in [5.41, 5.74) is 0.00923.